The van der Waals surface area contributed by atoms with Crippen molar-refractivity contribution in [3.8, 4) is 0 Å². The van der Waals surface area contributed by atoms with E-state index in [2.05, 4.69) is 4.72 Å². The van der Waals surface area contributed by atoms with Crippen molar-refractivity contribution in [2.75, 3.05) is 13.2 Å². The summed E-state index contributed by atoms with van der Waals surface area (Å²) in [4.78, 5) is -0.137. The molecule has 1 saturated heterocycles. The van der Waals surface area contributed by atoms with Gasteiger partial charge in [-0.05, 0) is 43.9 Å². The molecule has 0 aliphatic carbocycles. The molecule has 21 heavy (non-hydrogen) atoms. The van der Waals surface area contributed by atoms with E-state index in [9.17, 15) is 12.8 Å². The Hall–Kier alpha value is -1.02. The number of sulfonamides is 1. The maximum Gasteiger partial charge on any atom is 0.241 e. The summed E-state index contributed by atoms with van der Waals surface area (Å²) in [5, 5.41) is 9.07. The Morgan fingerprint density at radius 1 is 1.43 bits per heavy atom. The number of aliphatic hydroxyl groups is 1. The molecule has 1 aromatic carbocycles. The van der Waals surface area contributed by atoms with Gasteiger partial charge in [-0.2, -0.15) is 0 Å². The molecule has 1 aromatic rings. The molecule has 0 radical (unpaired) electrons. The standard InChI is InChI=1S/C14H20FNO4S/c1-10-13(15)6-11(9-17)7-14(10)21(18,19)16-8-12-4-2-3-5-20-12/h6-7,12,16-17H,2-5,8-9H2,1H3. The number of halogens is 1. The van der Waals surface area contributed by atoms with Crippen LogP contribution in [0.25, 0.3) is 0 Å². The SMILES string of the molecule is Cc1c(F)cc(CO)cc1S(=O)(=O)NCC1CCCCO1. The van der Waals surface area contributed by atoms with E-state index in [1.165, 1.54) is 13.0 Å². The Morgan fingerprint density at radius 2 is 2.19 bits per heavy atom. The lowest BCUT2D eigenvalue weighted by molar-refractivity contribution is 0.0200. The fourth-order valence-corrected chi connectivity index (χ4v) is 3.69. The first-order chi connectivity index (χ1) is 9.94. The second-order valence-electron chi connectivity index (χ2n) is 5.20. The summed E-state index contributed by atoms with van der Waals surface area (Å²) in [6, 6.07) is 2.43. The highest BCUT2D eigenvalue weighted by Gasteiger charge is 2.22. The maximum atomic E-state index is 13.7. The predicted molar refractivity (Wildman–Crippen MR) is 75.8 cm³/mol. The molecule has 1 heterocycles. The monoisotopic (exact) mass is 317 g/mol. The average Bonchev–Trinajstić information content (AvgIpc) is 2.48. The normalized spacial score (nSPS) is 19.7. The van der Waals surface area contributed by atoms with Gasteiger partial charge in [0.05, 0.1) is 17.6 Å². The third-order valence-corrected chi connectivity index (χ3v) is 5.15. The molecule has 5 nitrogen and oxygen atoms in total. The van der Waals surface area contributed by atoms with Crippen LogP contribution in [0.3, 0.4) is 0 Å². The van der Waals surface area contributed by atoms with Crippen LogP contribution in [0.1, 0.15) is 30.4 Å². The van der Waals surface area contributed by atoms with E-state index < -0.39 is 22.4 Å². The Labute approximate surface area is 124 Å². The van der Waals surface area contributed by atoms with E-state index in [1.807, 2.05) is 0 Å². The summed E-state index contributed by atoms with van der Waals surface area (Å²) in [7, 11) is -3.83. The van der Waals surface area contributed by atoms with E-state index in [1.54, 1.807) is 0 Å². The van der Waals surface area contributed by atoms with E-state index in [4.69, 9.17) is 9.84 Å². The zero-order valence-electron chi connectivity index (χ0n) is 11.9. The number of nitrogens with one attached hydrogen (secondary N) is 1. The molecule has 1 fully saturated rings. The quantitative estimate of drug-likeness (QED) is 0.862. The van der Waals surface area contributed by atoms with E-state index in [0.29, 0.717) is 6.61 Å². The molecule has 0 saturated carbocycles. The maximum absolute atomic E-state index is 13.7. The lowest BCUT2D eigenvalue weighted by atomic mass is 10.1. The first kappa shape index (κ1) is 16.4. The number of rotatable bonds is 5. The highest BCUT2D eigenvalue weighted by atomic mass is 32.2. The molecule has 2 N–H and O–H groups in total. The molecule has 2 rings (SSSR count). The van der Waals surface area contributed by atoms with Crippen molar-refractivity contribution in [1.29, 1.82) is 0 Å². The van der Waals surface area contributed by atoms with Crippen molar-refractivity contribution < 1.29 is 22.7 Å². The summed E-state index contributed by atoms with van der Waals surface area (Å²) in [5.41, 5.74) is 0.275. The molecule has 1 aliphatic rings. The lowest BCUT2D eigenvalue weighted by Crippen LogP contribution is -2.35. The van der Waals surface area contributed by atoms with Gasteiger partial charge in [-0.15, -0.1) is 0 Å². The summed E-state index contributed by atoms with van der Waals surface area (Å²) in [6.07, 6.45) is 2.68. The van der Waals surface area contributed by atoms with Gasteiger partial charge >= 0.3 is 0 Å². The fraction of sp³-hybridized carbons (Fsp3) is 0.571. The molecule has 1 aliphatic heterocycles. The van der Waals surface area contributed by atoms with Crippen molar-refractivity contribution >= 4 is 10.0 Å². The van der Waals surface area contributed by atoms with Gasteiger partial charge in [-0.25, -0.2) is 17.5 Å². The van der Waals surface area contributed by atoms with Crippen LogP contribution in [0.4, 0.5) is 4.39 Å². The summed E-state index contributed by atoms with van der Waals surface area (Å²) in [5.74, 6) is -0.643. The molecular weight excluding hydrogens is 297 g/mol. The van der Waals surface area contributed by atoms with Crippen LogP contribution in [0.15, 0.2) is 17.0 Å². The van der Waals surface area contributed by atoms with Crippen LogP contribution in [-0.4, -0.2) is 32.8 Å². The van der Waals surface area contributed by atoms with Crippen molar-refractivity contribution in [1.82, 2.24) is 4.72 Å². The first-order valence-corrected chi connectivity index (χ1v) is 8.43. The number of ether oxygens (including phenoxy) is 1. The highest BCUT2D eigenvalue weighted by molar-refractivity contribution is 7.89. The molecule has 1 unspecified atom stereocenters. The van der Waals surface area contributed by atoms with Crippen LogP contribution in [0.5, 0.6) is 0 Å². The molecule has 118 valence electrons. The van der Waals surface area contributed by atoms with Gasteiger partial charge in [-0.3, -0.25) is 0 Å². The van der Waals surface area contributed by atoms with E-state index in [-0.39, 0.29) is 28.7 Å². The smallest absolute Gasteiger partial charge is 0.241 e. The van der Waals surface area contributed by atoms with Gasteiger partial charge in [0.25, 0.3) is 0 Å². The Bertz CT molecular complexity index is 597. The second-order valence-corrected chi connectivity index (χ2v) is 6.93. The van der Waals surface area contributed by atoms with Crippen molar-refractivity contribution in [3.63, 3.8) is 0 Å². The highest BCUT2D eigenvalue weighted by Crippen LogP contribution is 2.21. The topological polar surface area (TPSA) is 75.6 Å². The summed E-state index contributed by atoms with van der Waals surface area (Å²) in [6.45, 7) is 1.81. The van der Waals surface area contributed by atoms with Crippen LogP contribution in [-0.2, 0) is 21.4 Å². The zero-order chi connectivity index (χ0) is 15.5. The third-order valence-electron chi connectivity index (χ3n) is 3.60. The van der Waals surface area contributed by atoms with Crippen molar-refractivity contribution in [2.45, 2.75) is 43.8 Å². The van der Waals surface area contributed by atoms with Crippen molar-refractivity contribution in [2.24, 2.45) is 0 Å². The van der Waals surface area contributed by atoms with Gasteiger partial charge < -0.3 is 9.84 Å². The fourth-order valence-electron chi connectivity index (χ4n) is 2.33. The van der Waals surface area contributed by atoms with Crippen LogP contribution >= 0.6 is 0 Å². The minimum Gasteiger partial charge on any atom is -0.392 e. The molecule has 7 heteroatoms. The van der Waals surface area contributed by atoms with Crippen molar-refractivity contribution in [3.05, 3.63) is 29.1 Å². The zero-order valence-corrected chi connectivity index (χ0v) is 12.7. The molecular formula is C14H20FNO4S. The Kier molecular flexibility index (Phi) is 5.32. The number of aliphatic hydroxyl groups excluding tert-OH is 1. The minimum absolute atomic E-state index is 0.0456. The van der Waals surface area contributed by atoms with E-state index in [0.717, 1.165) is 25.3 Å². The number of hydrogen-bond acceptors (Lipinski definition) is 4. The number of hydrogen-bond donors (Lipinski definition) is 2. The molecule has 1 atom stereocenters. The Morgan fingerprint density at radius 3 is 2.81 bits per heavy atom. The van der Waals surface area contributed by atoms with E-state index >= 15 is 0 Å². The molecule has 0 amide bonds. The average molecular weight is 317 g/mol. The second kappa shape index (κ2) is 6.83. The van der Waals surface area contributed by atoms with Gasteiger partial charge in [-0.1, -0.05) is 0 Å². The van der Waals surface area contributed by atoms with Gasteiger partial charge in [0.2, 0.25) is 10.0 Å². The molecule has 0 aromatic heterocycles. The van der Waals surface area contributed by atoms with Crippen LogP contribution in [0, 0.1) is 12.7 Å². The third kappa shape index (κ3) is 4.00. The van der Waals surface area contributed by atoms with Crippen LogP contribution < -0.4 is 4.72 Å². The van der Waals surface area contributed by atoms with Gasteiger partial charge in [0, 0.05) is 18.7 Å². The molecule has 0 bridgehead atoms. The lowest BCUT2D eigenvalue weighted by Gasteiger charge is -2.23. The van der Waals surface area contributed by atoms with Crippen LogP contribution in [0.2, 0.25) is 0 Å². The van der Waals surface area contributed by atoms with Gasteiger partial charge in [0.15, 0.2) is 0 Å². The Balaban J connectivity index is 2.16. The van der Waals surface area contributed by atoms with Gasteiger partial charge in [0.1, 0.15) is 5.82 Å². The largest absolute Gasteiger partial charge is 0.392 e. The first-order valence-electron chi connectivity index (χ1n) is 6.95. The molecule has 0 spiro atoms. The predicted octanol–water partition coefficient (Wildman–Crippen LogP) is 1.47. The number of benzene rings is 1. The summed E-state index contributed by atoms with van der Waals surface area (Å²) >= 11 is 0. The minimum atomic E-state index is -3.83. The summed E-state index contributed by atoms with van der Waals surface area (Å²) < 4.78 is 46.3.